The summed E-state index contributed by atoms with van der Waals surface area (Å²) in [5, 5.41) is 7.09. The quantitative estimate of drug-likeness (QED) is 0.525. The molecular weight excluding hydrogens is 484 g/mol. The van der Waals surface area contributed by atoms with Gasteiger partial charge in [-0.05, 0) is 74.6 Å². The van der Waals surface area contributed by atoms with Crippen molar-refractivity contribution >= 4 is 11.8 Å². The predicted molar refractivity (Wildman–Crippen MR) is 140 cm³/mol. The number of benzene rings is 1. The minimum atomic E-state index is -0.552. The third kappa shape index (κ3) is 6.26. The van der Waals surface area contributed by atoms with Crippen LogP contribution in [0.4, 0.5) is 0 Å². The number of ether oxygens (including phenoxy) is 1. The van der Waals surface area contributed by atoms with Gasteiger partial charge in [0.15, 0.2) is 11.9 Å². The number of rotatable bonds is 5. The molecule has 202 valence electrons. The molecule has 1 fully saturated rings. The lowest BCUT2D eigenvalue weighted by atomic mass is 9.74. The molecular formula is C29H36N4O5. The lowest BCUT2D eigenvalue weighted by Crippen LogP contribution is -2.49. The number of furan rings is 1. The molecule has 1 aromatic carbocycles. The zero-order chi connectivity index (χ0) is 26.4. The Labute approximate surface area is 222 Å². The van der Waals surface area contributed by atoms with Crippen LogP contribution in [-0.4, -0.2) is 52.6 Å². The van der Waals surface area contributed by atoms with Gasteiger partial charge >= 0.3 is 0 Å². The average Bonchev–Trinajstić information content (AvgIpc) is 3.63. The number of para-hydroxylation sites is 1. The van der Waals surface area contributed by atoms with E-state index in [2.05, 4.69) is 21.5 Å². The van der Waals surface area contributed by atoms with E-state index in [-0.39, 0.29) is 17.2 Å². The maximum Gasteiger partial charge on any atom is 0.260 e. The van der Waals surface area contributed by atoms with Crippen molar-refractivity contribution in [2.24, 2.45) is 5.41 Å². The molecule has 2 aliphatic heterocycles. The van der Waals surface area contributed by atoms with Gasteiger partial charge in [-0.1, -0.05) is 29.8 Å². The maximum atomic E-state index is 12.9. The van der Waals surface area contributed by atoms with E-state index in [1.807, 2.05) is 23.1 Å². The number of nitrogens with one attached hydrogen (secondary N) is 1. The van der Waals surface area contributed by atoms with Crippen LogP contribution in [0.5, 0.6) is 5.75 Å². The molecule has 0 unspecified atom stereocenters. The Balaban J connectivity index is 1.12. The highest BCUT2D eigenvalue weighted by Crippen LogP contribution is 2.37. The zero-order valence-electron chi connectivity index (χ0n) is 22.0. The van der Waals surface area contributed by atoms with Crippen LogP contribution in [0.2, 0.25) is 0 Å². The first-order valence-corrected chi connectivity index (χ1v) is 13.7. The van der Waals surface area contributed by atoms with Gasteiger partial charge in [0.05, 0.1) is 6.26 Å². The van der Waals surface area contributed by atoms with E-state index < -0.39 is 6.10 Å². The Kier molecular flexibility index (Phi) is 8.10. The fourth-order valence-corrected chi connectivity index (χ4v) is 5.46. The fraction of sp³-hybridized carbons (Fsp3) is 0.517. The minimum Gasteiger partial charge on any atom is -0.481 e. The van der Waals surface area contributed by atoms with Gasteiger partial charge in [0.1, 0.15) is 5.75 Å². The number of carbonyl (C=O) groups is 2. The predicted octanol–water partition coefficient (Wildman–Crippen LogP) is 4.57. The van der Waals surface area contributed by atoms with Crippen molar-refractivity contribution in [1.82, 2.24) is 20.4 Å². The summed E-state index contributed by atoms with van der Waals surface area (Å²) in [4.78, 5) is 32.1. The van der Waals surface area contributed by atoms with Crippen LogP contribution in [0, 0.1) is 5.41 Å². The second-order valence-corrected chi connectivity index (χ2v) is 10.5. The van der Waals surface area contributed by atoms with Crippen molar-refractivity contribution in [2.75, 3.05) is 19.6 Å². The molecule has 0 saturated carbocycles. The van der Waals surface area contributed by atoms with Crippen LogP contribution in [0.3, 0.4) is 0 Å². The highest BCUT2D eigenvalue weighted by atomic mass is 16.5. The number of piperidine rings is 1. The van der Waals surface area contributed by atoms with E-state index in [1.165, 1.54) is 0 Å². The highest BCUT2D eigenvalue weighted by molar-refractivity contribution is 5.80. The second-order valence-electron chi connectivity index (χ2n) is 10.5. The van der Waals surface area contributed by atoms with Gasteiger partial charge in [0.2, 0.25) is 17.6 Å². The number of carbonyl (C=O) groups excluding carboxylic acids is 2. The summed E-state index contributed by atoms with van der Waals surface area (Å²) in [6, 6.07) is 11.6. The average molecular weight is 521 g/mol. The number of hydrogen-bond donors (Lipinski definition) is 1. The first kappa shape index (κ1) is 26.0. The van der Waals surface area contributed by atoms with Crippen molar-refractivity contribution in [2.45, 2.75) is 70.8 Å². The third-order valence-corrected chi connectivity index (χ3v) is 7.85. The molecule has 1 N–H and O–H groups in total. The Hall–Kier alpha value is -3.62. The number of aryl methyl sites for hydroxylation is 2. The number of likely N-dealkylation sites (tertiary alicyclic amines) is 1. The highest BCUT2D eigenvalue weighted by Gasteiger charge is 2.36. The zero-order valence-corrected chi connectivity index (χ0v) is 22.0. The molecule has 1 spiro atoms. The van der Waals surface area contributed by atoms with Crippen molar-refractivity contribution in [3.8, 4) is 17.3 Å². The van der Waals surface area contributed by atoms with E-state index in [1.54, 1.807) is 25.3 Å². The van der Waals surface area contributed by atoms with Crippen LogP contribution in [0.15, 0.2) is 51.6 Å². The molecule has 0 aliphatic carbocycles. The van der Waals surface area contributed by atoms with Crippen LogP contribution in [0.25, 0.3) is 11.6 Å². The van der Waals surface area contributed by atoms with Gasteiger partial charge in [0, 0.05) is 32.5 Å². The first-order chi connectivity index (χ1) is 18.5. The number of aromatic nitrogens is 2. The number of amides is 2. The maximum absolute atomic E-state index is 12.9. The van der Waals surface area contributed by atoms with E-state index in [9.17, 15) is 9.59 Å². The lowest BCUT2D eigenvalue weighted by Gasteiger charge is -2.42. The second kappa shape index (κ2) is 11.8. The largest absolute Gasteiger partial charge is 0.481 e. The van der Waals surface area contributed by atoms with Gasteiger partial charge in [-0.2, -0.15) is 4.98 Å². The minimum absolute atomic E-state index is 0.0108. The van der Waals surface area contributed by atoms with Crippen molar-refractivity contribution in [3.05, 3.63) is 54.1 Å². The van der Waals surface area contributed by atoms with Crippen LogP contribution < -0.4 is 10.1 Å². The molecule has 2 aliphatic rings. The molecule has 4 heterocycles. The molecule has 1 saturated heterocycles. The van der Waals surface area contributed by atoms with E-state index >= 15 is 0 Å². The van der Waals surface area contributed by atoms with E-state index in [0.29, 0.717) is 56.4 Å². The number of nitrogens with zero attached hydrogens (tertiary/aromatic N) is 3. The summed E-state index contributed by atoms with van der Waals surface area (Å²) >= 11 is 0. The van der Waals surface area contributed by atoms with Gasteiger partial charge in [-0.3, -0.25) is 9.59 Å². The van der Waals surface area contributed by atoms with Gasteiger partial charge in [-0.15, -0.1) is 0 Å². The number of fused-ring (bicyclic) bond motifs is 1. The molecule has 9 heteroatoms. The Morgan fingerprint density at radius 3 is 2.79 bits per heavy atom. The Bertz CT molecular complexity index is 1210. The van der Waals surface area contributed by atoms with Gasteiger partial charge < -0.3 is 23.9 Å². The summed E-state index contributed by atoms with van der Waals surface area (Å²) in [6.07, 6.45) is 8.57. The summed E-state index contributed by atoms with van der Waals surface area (Å²) in [7, 11) is 0. The smallest absolute Gasteiger partial charge is 0.260 e. The summed E-state index contributed by atoms with van der Waals surface area (Å²) in [6.45, 7) is 3.86. The standard InChI is InChI=1S/C29H36N4O5/c1-21-28(35)30-20-29(14-5-4-9-22-8-2-3-10-23(22)37-21)15-17-33(18-16-29)26(34)13-6-12-25-31-27(32-38-25)24-11-7-19-36-24/h2-3,7-8,10-11,19,21H,4-6,9,12-18,20H2,1H3,(H,30,35)/t21-/m1/s1. The van der Waals surface area contributed by atoms with E-state index in [0.717, 1.165) is 49.8 Å². The van der Waals surface area contributed by atoms with Gasteiger partial charge in [0.25, 0.3) is 5.91 Å². The lowest BCUT2D eigenvalue weighted by molar-refractivity contribution is -0.134. The van der Waals surface area contributed by atoms with Crippen molar-refractivity contribution < 1.29 is 23.3 Å². The van der Waals surface area contributed by atoms with Crippen molar-refractivity contribution in [3.63, 3.8) is 0 Å². The SMILES string of the molecule is C[C@H]1Oc2ccccc2CCCCC2(CCN(C(=O)CCCc3nc(-c4ccco4)no3)CC2)CNC1=O. The molecule has 5 rings (SSSR count). The molecule has 3 aromatic rings. The van der Waals surface area contributed by atoms with Gasteiger partial charge in [-0.25, -0.2) is 0 Å². The molecule has 9 nitrogen and oxygen atoms in total. The van der Waals surface area contributed by atoms with Crippen LogP contribution >= 0.6 is 0 Å². The van der Waals surface area contributed by atoms with Crippen LogP contribution in [-0.2, 0) is 22.4 Å². The van der Waals surface area contributed by atoms with Crippen LogP contribution in [0.1, 0.15) is 63.3 Å². The van der Waals surface area contributed by atoms with E-state index in [4.69, 9.17) is 13.7 Å². The topological polar surface area (TPSA) is 111 Å². The summed E-state index contributed by atoms with van der Waals surface area (Å²) in [5.74, 6) is 2.36. The monoisotopic (exact) mass is 520 g/mol. The molecule has 2 aromatic heterocycles. The molecule has 38 heavy (non-hydrogen) atoms. The molecule has 1 atom stereocenters. The normalized spacial score (nSPS) is 20.1. The summed E-state index contributed by atoms with van der Waals surface area (Å²) in [5.41, 5.74) is 1.16. The first-order valence-electron chi connectivity index (χ1n) is 13.7. The molecule has 2 amide bonds. The number of hydrogen-bond acceptors (Lipinski definition) is 7. The Morgan fingerprint density at radius 1 is 1.13 bits per heavy atom. The molecule has 0 radical (unpaired) electrons. The van der Waals surface area contributed by atoms with Crippen molar-refractivity contribution in [1.29, 1.82) is 0 Å². The summed E-state index contributed by atoms with van der Waals surface area (Å²) < 4.78 is 16.6. The molecule has 0 bridgehead atoms. The Morgan fingerprint density at radius 2 is 1.97 bits per heavy atom. The fourth-order valence-electron chi connectivity index (χ4n) is 5.46. The third-order valence-electron chi connectivity index (χ3n) is 7.85.